The smallest absolute Gasteiger partial charge is 0.192 e. The molecule has 0 aliphatic heterocycles. The fourth-order valence-electron chi connectivity index (χ4n) is 2.74. The van der Waals surface area contributed by atoms with Crippen LogP contribution in [0.15, 0.2) is 23.3 Å². The monoisotopic (exact) mass is 310 g/mol. The van der Waals surface area contributed by atoms with E-state index in [2.05, 4.69) is 60.6 Å². The molecular weight excluding hydrogens is 272 g/mol. The first-order chi connectivity index (χ1) is 9.89. The van der Waals surface area contributed by atoms with Crippen LogP contribution in [0.4, 0.5) is 0 Å². The third-order valence-electron chi connectivity index (χ3n) is 4.54. The second-order valence-electron chi connectivity index (χ2n) is 6.62. The van der Waals surface area contributed by atoms with Crippen molar-refractivity contribution < 1.29 is 4.43 Å². The fraction of sp³-hybridized carbons (Fsp3) is 0.789. The Bertz CT molecular complexity index is 314. The summed E-state index contributed by atoms with van der Waals surface area (Å²) in [6, 6.07) is 3.76. The minimum Gasteiger partial charge on any atom is -0.414 e. The van der Waals surface area contributed by atoms with Crippen molar-refractivity contribution in [2.45, 2.75) is 98.4 Å². The average molecular weight is 311 g/mol. The molecule has 0 aliphatic carbocycles. The quantitative estimate of drug-likeness (QED) is 0.299. The van der Waals surface area contributed by atoms with Gasteiger partial charge in [0.2, 0.25) is 0 Å². The van der Waals surface area contributed by atoms with E-state index in [1.807, 2.05) is 0 Å². The lowest BCUT2D eigenvalue weighted by Crippen LogP contribution is -2.39. The van der Waals surface area contributed by atoms with E-state index in [9.17, 15) is 0 Å². The summed E-state index contributed by atoms with van der Waals surface area (Å²) < 4.78 is 6.48. The summed E-state index contributed by atoms with van der Waals surface area (Å²) in [4.78, 5) is 0. The maximum Gasteiger partial charge on any atom is 0.192 e. The SMILES string of the molecule is CC[Si](CC)(CC)OC(C)CC/C=C(\C)CCC=C(C)C. The van der Waals surface area contributed by atoms with Crippen LogP contribution in [0.2, 0.25) is 18.1 Å². The van der Waals surface area contributed by atoms with Gasteiger partial charge in [0.1, 0.15) is 0 Å². The van der Waals surface area contributed by atoms with Crippen molar-refractivity contribution in [1.29, 1.82) is 0 Å². The zero-order chi connectivity index (χ0) is 16.3. The standard InChI is InChI=1S/C19H38OSi/c1-8-21(9-2,10-3)20-19(7)16-12-15-18(6)14-11-13-17(4)5/h13,15,19H,8-12,14,16H2,1-7H3/b18-15+. The van der Waals surface area contributed by atoms with Crippen molar-refractivity contribution in [2.75, 3.05) is 0 Å². The van der Waals surface area contributed by atoms with Crippen molar-refractivity contribution in [2.24, 2.45) is 0 Å². The molecule has 0 bridgehead atoms. The molecule has 0 aromatic rings. The summed E-state index contributed by atoms with van der Waals surface area (Å²) in [6.45, 7) is 15.8. The predicted octanol–water partition coefficient (Wildman–Crippen LogP) is 6.87. The van der Waals surface area contributed by atoms with E-state index in [-0.39, 0.29) is 0 Å². The largest absolute Gasteiger partial charge is 0.414 e. The Hall–Kier alpha value is -0.343. The van der Waals surface area contributed by atoms with Crippen molar-refractivity contribution in [3.8, 4) is 0 Å². The van der Waals surface area contributed by atoms with Crippen molar-refractivity contribution in [1.82, 2.24) is 0 Å². The fourth-order valence-corrected chi connectivity index (χ4v) is 5.71. The van der Waals surface area contributed by atoms with Crippen LogP contribution in [0, 0.1) is 0 Å². The van der Waals surface area contributed by atoms with E-state index in [4.69, 9.17) is 4.43 Å². The first kappa shape index (κ1) is 20.7. The van der Waals surface area contributed by atoms with Crippen LogP contribution in [-0.2, 0) is 4.43 Å². The van der Waals surface area contributed by atoms with E-state index in [1.54, 1.807) is 0 Å². The van der Waals surface area contributed by atoms with Gasteiger partial charge in [-0.25, -0.2) is 0 Å². The molecule has 0 aliphatic rings. The van der Waals surface area contributed by atoms with Gasteiger partial charge in [0.05, 0.1) is 0 Å². The third kappa shape index (κ3) is 9.31. The lowest BCUT2D eigenvalue weighted by Gasteiger charge is -2.31. The molecule has 0 aromatic heterocycles. The van der Waals surface area contributed by atoms with Crippen LogP contribution in [0.3, 0.4) is 0 Å². The van der Waals surface area contributed by atoms with Crippen LogP contribution >= 0.6 is 0 Å². The Labute approximate surface area is 135 Å². The molecule has 124 valence electrons. The van der Waals surface area contributed by atoms with Gasteiger partial charge in [-0.1, -0.05) is 44.1 Å². The van der Waals surface area contributed by atoms with E-state index in [0.717, 1.165) is 12.8 Å². The van der Waals surface area contributed by atoms with Crippen LogP contribution in [-0.4, -0.2) is 14.4 Å². The highest BCUT2D eigenvalue weighted by atomic mass is 28.4. The summed E-state index contributed by atoms with van der Waals surface area (Å²) in [5, 5.41) is 0. The molecule has 0 N–H and O–H groups in total. The zero-order valence-electron chi connectivity index (χ0n) is 15.6. The second-order valence-corrected chi connectivity index (χ2v) is 11.3. The number of hydrogen-bond acceptors (Lipinski definition) is 1. The highest BCUT2D eigenvalue weighted by Crippen LogP contribution is 2.24. The van der Waals surface area contributed by atoms with Gasteiger partial charge in [0, 0.05) is 6.10 Å². The minimum atomic E-state index is -1.42. The van der Waals surface area contributed by atoms with Gasteiger partial charge < -0.3 is 4.43 Å². The predicted molar refractivity (Wildman–Crippen MR) is 99.4 cm³/mol. The van der Waals surface area contributed by atoms with Crippen LogP contribution < -0.4 is 0 Å². The molecule has 0 saturated carbocycles. The molecule has 0 heterocycles. The van der Waals surface area contributed by atoms with E-state index in [0.29, 0.717) is 6.10 Å². The molecule has 0 aromatic carbocycles. The summed E-state index contributed by atoms with van der Waals surface area (Å²) >= 11 is 0. The van der Waals surface area contributed by atoms with Crippen LogP contribution in [0.1, 0.15) is 74.1 Å². The highest BCUT2D eigenvalue weighted by Gasteiger charge is 2.30. The molecule has 21 heavy (non-hydrogen) atoms. The van der Waals surface area contributed by atoms with Crippen LogP contribution in [0.5, 0.6) is 0 Å². The van der Waals surface area contributed by atoms with Gasteiger partial charge in [-0.2, -0.15) is 0 Å². The normalized spacial score (nSPS) is 14.1. The molecule has 0 radical (unpaired) electrons. The first-order valence-corrected chi connectivity index (χ1v) is 11.4. The molecule has 1 unspecified atom stereocenters. The Morgan fingerprint density at radius 2 is 1.52 bits per heavy atom. The molecule has 1 nitrogen and oxygen atoms in total. The summed E-state index contributed by atoms with van der Waals surface area (Å²) in [5.41, 5.74) is 2.94. The Balaban J connectivity index is 4.12. The Kier molecular flexibility index (Phi) is 11.1. The number of rotatable bonds is 11. The van der Waals surface area contributed by atoms with Gasteiger partial charge in [-0.05, 0) is 71.5 Å². The third-order valence-corrected chi connectivity index (χ3v) is 9.31. The molecule has 0 saturated heterocycles. The summed E-state index contributed by atoms with van der Waals surface area (Å²) in [6.07, 6.45) is 9.83. The minimum absolute atomic E-state index is 0.415. The highest BCUT2D eigenvalue weighted by molar-refractivity contribution is 6.73. The lowest BCUT2D eigenvalue weighted by atomic mass is 10.1. The maximum atomic E-state index is 6.48. The summed E-state index contributed by atoms with van der Waals surface area (Å²) in [7, 11) is -1.42. The molecular formula is C19H38OSi. The molecule has 0 spiro atoms. The average Bonchev–Trinajstić information content (AvgIpc) is 2.44. The van der Waals surface area contributed by atoms with E-state index >= 15 is 0 Å². The van der Waals surface area contributed by atoms with Gasteiger partial charge in [-0.3, -0.25) is 0 Å². The van der Waals surface area contributed by atoms with Gasteiger partial charge in [-0.15, -0.1) is 0 Å². The molecule has 0 amide bonds. The van der Waals surface area contributed by atoms with Crippen molar-refractivity contribution in [3.63, 3.8) is 0 Å². The number of allylic oxidation sites excluding steroid dienone is 4. The molecule has 1 atom stereocenters. The molecule has 2 heteroatoms. The second kappa shape index (κ2) is 11.3. The van der Waals surface area contributed by atoms with Gasteiger partial charge in [0.25, 0.3) is 0 Å². The Morgan fingerprint density at radius 1 is 0.952 bits per heavy atom. The lowest BCUT2D eigenvalue weighted by molar-refractivity contribution is 0.196. The number of hydrogen-bond donors (Lipinski definition) is 0. The molecule has 0 rings (SSSR count). The maximum absolute atomic E-state index is 6.48. The van der Waals surface area contributed by atoms with E-state index in [1.165, 1.54) is 42.1 Å². The van der Waals surface area contributed by atoms with Crippen LogP contribution in [0.25, 0.3) is 0 Å². The van der Waals surface area contributed by atoms with Crippen molar-refractivity contribution >= 4 is 8.32 Å². The first-order valence-electron chi connectivity index (χ1n) is 8.85. The Morgan fingerprint density at radius 3 is 2.00 bits per heavy atom. The zero-order valence-corrected chi connectivity index (χ0v) is 16.6. The molecule has 0 fully saturated rings. The van der Waals surface area contributed by atoms with E-state index < -0.39 is 8.32 Å². The van der Waals surface area contributed by atoms with Crippen molar-refractivity contribution in [3.05, 3.63) is 23.3 Å². The summed E-state index contributed by atoms with van der Waals surface area (Å²) in [5.74, 6) is 0. The van der Waals surface area contributed by atoms with Gasteiger partial charge in [0.15, 0.2) is 8.32 Å². The van der Waals surface area contributed by atoms with Gasteiger partial charge >= 0.3 is 0 Å². The topological polar surface area (TPSA) is 9.23 Å².